The highest BCUT2D eigenvalue weighted by atomic mass is 16.3. The van der Waals surface area contributed by atoms with Crippen LogP contribution in [-0.2, 0) is 0 Å². The summed E-state index contributed by atoms with van der Waals surface area (Å²) in [6, 6.07) is 7.81. The van der Waals surface area contributed by atoms with E-state index in [2.05, 4.69) is 4.99 Å². The topological polar surface area (TPSA) is 35.8 Å². The number of anilines is 1. The Labute approximate surface area is 76.6 Å². The molecule has 1 aliphatic heterocycles. The van der Waals surface area contributed by atoms with Crippen molar-refractivity contribution >= 4 is 11.9 Å². The second-order valence-electron chi connectivity index (χ2n) is 2.75. The lowest BCUT2D eigenvalue weighted by Gasteiger charge is -2.17. The molecule has 1 N–H and O–H groups in total. The first-order valence-electron chi connectivity index (χ1n) is 4.08. The fraction of sp³-hybridized carbons (Fsp3) is 0.100. The van der Waals surface area contributed by atoms with Gasteiger partial charge in [-0.2, -0.15) is 0 Å². The Morgan fingerprint density at radius 2 is 2.15 bits per heavy atom. The molecule has 0 aliphatic carbocycles. The van der Waals surface area contributed by atoms with Crippen molar-refractivity contribution < 1.29 is 5.11 Å². The van der Waals surface area contributed by atoms with Crippen LogP contribution in [-0.4, -0.2) is 18.1 Å². The SMILES string of the molecule is OCN1C=CN=Cc2ccccc21. The molecule has 13 heavy (non-hydrogen) atoms. The maximum absolute atomic E-state index is 9.08. The van der Waals surface area contributed by atoms with E-state index in [0.29, 0.717) is 0 Å². The largest absolute Gasteiger partial charge is 0.376 e. The molecule has 0 bridgehead atoms. The van der Waals surface area contributed by atoms with Gasteiger partial charge in [-0.3, -0.25) is 4.99 Å². The molecule has 0 saturated carbocycles. The number of nitrogens with zero attached hydrogens (tertiary/aromatic N) is 2. The molecule has 1 aromatic rings. The van der Waals surface area contributed by atoms with Crippen LogP contribution in [0.2, 0.25) is 0 Å². The first-order valence-corrected chi connectivity index (χ1v) is 4.08. The minimum absolute atomic E-state index is 0.0309. The second kappa shape index (κ2) is 3.41. The third kappa shape index (κ3) is 1.46. The van der Waals surface area contributed by atoms with E-state index in [1.54, 1.807) is 23.5 Å². The summed E-state index contributed by atoms with van der Waals surface area (Å²) in [5, 5.41) is 9.08. The van der Waals surface area contributed by atoms with E-state index in [0.717, 1.165) is 11.3 Å². The van der Waals surface area contributed by atoms with Gasteiger partial charge in [-0.05, 0) is 6.07 Å². The highest BCUT2D eigenvalue weighted by molar-refractivity contribution is 5.89. The van der Waals surface area contributed by atoms with Crippen molar-refractivity contribution in [2.75, 3.05) is 11.6 Å². The van der Waals surface area contributed by atoms with Crippen molar-refractivity contribution in [1.82, 2.24) is 0 Å². The van der Waals surface area contributed by atoms with Crippen LogP contribution in [0.1, 0.15) is 5.56 Å². The molecule has 1 aliphatic rings. The fourth-order valence-electron chi connectivity index (χ4n) is 1.30. The van der Waals surface area contributed by atoms with Crippen molar-refractivity contribution in [1.29, 1.82) is 0 Å². The smallest absolute Gasteiger partial charge is 0.119 e. The number of aliphatic hydroxyl groups is 1. The fourth-order valence-corrected chi connectivity index (χ4v) is 1.30. The molecule has 0 unspecified atom stereocenters. The van der Waals surface area contributed by atoms with Crippen LogP contribution in [0.15, 0.2) is 41.7 Å². The van der Waals surface area contributed by atoms with Gasteiger partial charge < -0.3 is 10.0 Å². The number of hydrogen-bond donors (Lipinski definition) is 1. The zero-order valence-electron chi connectivity index (χ0n) is 7.09. The summed E-state index contributed by atoms with van der Waals surface area (Å²) >= 11 is 0. The Morgan fingerprint density at radius 1 is 1.31 bits per heavy atom. The van der Waals surface area contributed by atoms with Crippen molar-refractivity contribution in [3.63, 3.8) is 0 Å². The molecular formula is C10H10N2O. The maximum atomic E-state index is 9.08. The summed E-state index contributed by atoms with van der Waals surface area (Å²) in [5.74, 6) is 0. The van der Waals surface area contributed by atoms with Gasteiger partial charge in [0, 0.05) is 24.2 Å². The molecule has 0 saturated heterocycles. The number of benzene rings is 1. The number of rotatable bonds is 1. The van der Waals surface area contributed by atoms with Gasteiger partial charge in [0.15, 0.2) is 0 Å². The van der Waals surface area contributed by atoms with Gasteiger partial charge >= 0.3 is 0 Å². The van der Waals surface area contributed by atoms with E-state index in [1.165, 1.54) is 0 Å². The van der Waals surface area contributed by atoms with E-state index in [1.807, 2.05) is 24.3 Å². The molecule has 1 aromatic carbocycles. The lowest BCUT2D eigenvalue weighted by atomic mass is 10.2. The lowest BCUT2D eigenvalue weighted by molar-refractivity contribution is 0.303. The van der Waals surface area contributed by atoms with Crippen LogP contribution in [0, 0.1) is 0 Å². The molecule has 0 fully saturated rings. The predicted molar refractivity (Wildman–Crippen MR) is 52.7 cm³/mol. The van der Waals surface area contributed by atoms with Crippen LogP contribution in [0.3, 0.4) is 0 Å². The molecule has 0 radical (unpaired) electrons. The van der Waals surface area contributed by atoms with Gasteiger partial charge in [0.1, 0.15) is 6.73 Å². The maximum Gasteiger partial charge on any atom is 0.119 e. The molecule has 66 valence electrons. The number of fused-ring (bicyclic) bond motifs is 1. The highest BCUT2D eigenvalue weighted by Gasteiger charge is 2.06. The zero-order chi connectivity index (χ0) is 9.10. The Balaban J connectivity index is 2.50. The van der Waals surface area contributed by atoms with E-state index in [9.17, 15) is 0 Å². The Kier molecular flexibility index (Phi) is 2.10. The minimum Gasteiger partial charge on any atom is -0.376 e. The summed E-state index contributed by atoms with van der Waals surface area (Å²) < 4.78 is 0. The van der Waals surface area contributed by atoms with Gasteiger partial charge in [-0.15, -0.1) is 0 Å². The standard InChI is InChI=1S/C10H10N2O/c13-8-12-6-5-11-7-9-3-1-2-4-10(9)12/h1-7,13H,8H2. The molecule has 0 spiro atoms. The van der Waals surface area contributed by atoms with Gasteiger partial charge in [0.2, 0.25) is 0 Å². The first kappa shape index (κ1) is 8.01. The summed E-state index contributed by atoms with van der Waals surface area (Å²) in [6.07, 6.45) is 5.19. The van der Waals surface area contributed by atoms with E-state index >= 15 is 0 Å². The Bertz CT molecular complexity index is 358. The van der Waals surface area contributed by atoms with Crippen molar-refractivity contribution in [3.05, 3.63) is 42.2 Å². The average molecular weight is 174 g/mol. The van der Waals surface area contributed by atoms with Gasteiger partial charge in [0.05, 0.1) is 5.69 Å². The molecule has 1 heterocycles. The van der Waals surface area contributed by atoms with Crippen LogP contribution in [0.4, 0.5) is 5.69 Å². The molecule has 2 rings (SSSR count). The van der Waals surface area contributed by atoms with Crippen molar-refractivity contribution in [2.45, 2.75) is 0 Å². The Morgan fingerprint density at radius 3 is 3.00 bits per heavy atom. The number of aliphatic hydroxyl groups excluding tert-OH is 1. The monoisotopic (exact) mass is 174 g/mol. The Hall–Kier alpha value is -1.61. The summed E-state index contributed by atoms with van der Waals surface area (Å²) in [5.41, 5.74) is 1.99. The van der Waals surface area contributed by atoms with Gasteiger partial charge in [-0.1, -0.05) is 18.2 Å². The van der Waals surface area contributed by atoms with Gasteiger partial charge in [-0.25, -0.2) is 0 Å². The molecular weight excluding hydrogens is 164 g/mol. The second-order valence-corrected chi connectivity index (χ2v) is 2.75. The summed E-state index contributed by atoms with van der Waals surface area (Å²) in [6.45, 7) is -0.0309. The number of aliphatic imine (C=N–C) groups is 1. The average Bonchev–Trinajstić information content (AvgIpc) is 2.39. The summed E-state index contributed by atoms with van der Waals surface area (Å²) in [7, 11) is 0. The van der Waals surface area contributed by atoms with Crippen molar-refractivity contribution in [3.8, 4) is 0 Å². The molecule has 0 amide bonds. The van der Waals surface area contributed by atoms with Crippen molar-refractivity contribution in [2.24, 2.45) is 4.99 Å². The zero-order valence-corrected chi connectivity index (χ0v) is 7.09. The molecule has 3 nitrogen and oxygen atoms in total. The van der Waals surface area contributed by atoms with Gasteiger partial charge in [0.25, 0.3) is 0 Å². The normalized spacial score (nSPS) is 14.1. The number of para-hydroxylation sites is 1. The number of hydrogen-bond acceptors (Lipinski definition) is 3. The predicted octanol–water partition coefficient (Wildman–Crippen LogP) is 1.35. The third-order valence-electron chi connectivity index (χ3n) is 1.94. The van der Waals surface area contributed by atoms with Crippen LogP contribution in [0.25, 0.3) is 0 Å². The quantitative estimate of drug-likeness (QED) is 0.697. The summed E-state index contributed by atoms with van der Waals surface area (Å²) in [4.78, 5) is 5.79. The van der Waals surface area contributed by atoms with Crippen LogP contribution in [0.5, 0.6) is 0 Å². The molecule has 3 heteroatoms. The highest BCUT2D eigenvalue weighted by Crippen LogP contribution is 2.20. The molecule has 0 aromatic heterocycles. The minimum atomic E-state index is -0.0309. The first-order chi connectivity index (χ1) is 6.42. The lowest BCUT2D eigenvalue weighted by Crippen LogP contribution is -2.17. The van der Waals surface area contributed by atoms with E-state index in [-0.39, 0.29) is 6.73 Å². The molecule has 0 atom stereocenters. The third-order valence-corrected chi connectivity index (χ3v) is 1.94. The van der Waals surface area contributed by atoms with E-state index in [4.69, 9.17) is 5.11 Å². The van der Waals surface area contributed by atoms with E-state index < -0.39 is 0 Å². The van der Waals surface area contributed by atoms with Crippen LogP contribution < -0.4 is 4.90 Å². The van der Waals surface area contributed by atoms with Crippen LogP contribution >= 0.6 is 0 Å².